The van der Waals surface area contributed by atoms with Crippen LogP contribution in [0.2, 0.25) is 0 Å². The molecule has 5 aromatic rings. The largest absolute Gasteiger partial charge is 0.465 e. The summed E-state index contributed by atoms with van der Waals surface area (Å²) >= 11 is 0. The lowest BCUT2D eigenvalue weighted by Crippen LogP contribution is -2.59. The second kappa shape index (κ2) is 18.2. The maximum Gasteiger partial charge on any atom is 0.404 e. The first kappa shape index (κ1) is 39.8. The Bertz CT molecular complexity index is 2300. The van der Waals surface area contributed by atoms with Crippen LogP contribution in [0.25, 0.3) is 21.8 Å². The van der Waals surface area contributed by atoms with Crippen molar-refractivity contribution in [3.63, 3.8) is 0 Å². The van der Waals surface area contributed by atoms with Gasteiger partial charge in [0.1, 0.15) is 12.1 Å². The molecule has 2 aliphatic heterocycles. The fraction of sp³-hybridized carbons (Fsp3) is 0.405. The number of aromatic amines is 2. The van der Waals surface area contributed by atoms with Crippen molar-refractivity contribution in [3.8, 4) is 0 Å². The summed E-state index contributed by atoms with van der Waals surface area (Å²) in [7, 11) is 0. The number of anilines is 1. The molecule has 0 unspecified atom stereocenters. The Morgan fingerprint density at radius 1 is 0.879 bits per heavy atom. The molecule has 16 nitrogen and oxygen atoms in total. The zero-order valence-corrected chi connectivity index (χ0v) is 32.6. The van der Waals surface area contributed by atoms with Crippen LogP contribution < -0.4 is 26.4 Å². The molecule has 2 atom stereocenters. The van der Waals surface area contributed by atoms with Crippen molar-refractivity contribution in [1.82, 2.24) is 45.9 Å². The van der Waals surface area contributed by atoms with E-state index in [1.807, 2.05) is 61.5 Å². The molecule has 6 N–H and O–H groups in total. The van der Waals surface area contributed by atoms with Crippen molar-refractivity contribution in [2.75, 3.05) is 50.7 Å². The molecule has 0 aliphatic carbocycles. The van der Waals surface area contributed by atoms with E-state index in [1.165, 1.54) is 0 Å². The van der Waals surface area contributed by atoms with E-state index < -0.39 is 30.1 Å². The highest BCUT2D eigenvalue weighted by atomic mass is 16.4. The number of carbonyl (C=O) groups is 4. The number of hydrogen-bond donors (Lipinski definition) is 6. The summed E-state index contributed by atoms with van der Waals surface area (Å²) < 4.78 is 0. The lowest BCUT2D eigenvalue weighted by atomic mass is 9.89. The molecule has 5 amide bonds. The summed E-state index contributed by atoms with van der Waals surface area (Å²) in [6.07, 6.45) is 6.65. The number of piperidine rings is 1. The number of pyridine rings is 2. The molecule has 0 bridgehead atoms. The number of likely N-dealkylation sites (tertiary alicyclic amines) is 1. The van der Waals surface area contributed by atoms with Crippen LogP contribution in [-0.4, -0.2) is 117 Å². The zero-order valence-electron chi connectivity index (χ0n) is 32.6. The van der Waals surface area contributed by atoms with E-state index in [9.17, 15) is 24.0 Å². The van der Waals surface area contributed by atoms with Crippen molar-refractivity contribution in [2.24, 2.45) is 0 Å². The highest BCUT2D eigenvalue weighted by Crippen LogP contribution is 2.28. The quantitative estimate of drug-likeness (QED) is 0.0956. The fourth-order valence-corrected chi connectivity index (χ4v) is 8.14. The van der Waals surface area contributed by atoms with Crippen LogP contribution in [0.15, 0.2) is 78.0 Å². The second-order valence-corrected chi connectivity index (χ2v) is 15.2. The number of carboxylic acid groups (broad SMARTS) is 1. The van der Waals surface area contributed by atoms with Gasteiger partial charge in [0.2, 0.25) is 11.8 Å². The molecule has 2 fully saturated rings. The first-order chi connectivity index (χ1) is 28.1. The molecule has 2 aliphatic rings. The number of hydrogen-bond acceptors (Lipinski definition) is 8. The number of piperazine rings is 1. The molecule has 7 rings (SSSR count). The Kier molecular flexibility index (Phi) is 12.5. The van der Waals surface area contributed by atoms with Crippen LogP contribution in [0, 0.1) is 6.92 Å². The number of unbranched alkanes of at least 4 members (excludes halogenated alkanes) is 1. The van der Waals surface area contributed by atoms with Gasteiger partial charge in [0.25, 0.3) is 5.56 Å². The summed E-state index contributed by atoms with van der Waals surface area (Å²) in [5.41, 5.74) is 5.02. The number of fused-ring (bicyclic) bond motifs is 2. The van der Waals surface area contributed by atoms with Gasteiger partial charge in [-0.25, -0.2) is 9.59 Å². The van der Waals surface area contributed by atoms with Crippen molar-refractivity contribution in [3.05, 3.63) is 100 Å². The number of para-hydroxylation sites is 1. The van der Waals surface area contributed by atoms with Crippen LogP contribution >= 0.6 is 0 Å². The number of carbonyl (C=O) groups excluding carboxylic acids is 3. The third kappa shape index (κ3) is 9.56. The summed E-state index contributed by atoms with van der Waals surface area (Å²) in [6.45, 7) is 5.10. The van der Waals surface area contributed by atoms with Crippen molar-refractivity contribution < 1.29 is 24.3 Å². The first-order valence-electron chi connectivity index (χ1n) is 19.9. The molecule has 16 heteroatoms. The molecule has 0 radical (unpaired) electrons. The van der Waals surface area contributed by atoms with Gasteiger partial charge in [-0.3, -0.25) is 24.5 Å². The van der Waals surface area contributed by atoms with E-state index in [2.05, 4.69) is 41.0 Å². The number of H-pyrrole nitrogens is 2. The van der Waals surface area contributed by atoms with Crippen LogP contribution in [0.1, 0.15) is 54.7 Å². The minimum Gasteiger partial charge on any atom is -0.465 e. The maximum atomic E-state index is 14.4. The molecule has 2 saturated heterocycles. The van der Waals surface area contributed by atoms with Gasteiger partial charge in [-0.05, 0) is 91.8 Å². The molecular formula is C42H50N10O6. The molecule has 304 valence electrons. The SMILES string of the molecule is Cc1cc(C[C@@H](NC(=O)N2CCC(c3cc4ccccc4[nH]c3=O)CC2)C(=O)N[C@@H](CCCCNC(=O)O)C(=O)N2CCN(c3ccncc3)CC2)cc2cn[nH]c12. The van der Waals surface area contributed by atoms with Gasteiger partial charge < -0.3 is 40.7 Å². The van der Waals surface area contributed by atoms with Gasteiger partial charge in [-0.2, -0.15) is 5.10 Å². The van der Waals surface area contributed by atoms with E-state index >= 15 is 0 Å². The maximum absolute atomic E-state index is 14.4. The predicted molar refractivity (Wildman–Crippen MR) is 220 cm³/mol. The minimum absolute atomic E-state index is 0.0230. The van der Waals surface area contributed by atoms with Gasteiger partial charge in [0.05, 0.1) is 11.7 Å². The topological polar surface area (TPSA) is 209 Å². The third-order valence-corrected chi connectivity index (χ3v) is 11.3. The van der Waals surface area contributed by atoms with Gasteiger partial charge in [0, 0.05) is 86.8 Å². The molecule has 3 aromatic heterocycles. The monoisotopic (exact) mass is 790 g/mol. The number of aryl methyl sites for hydroxylation is 1. The van der Waals surface area contributed by atoms with E-state index in [0.29, 0.717) is 76.9 Å². The van der Waals surface area contributed by atoms with Crippen LogP contribution in [-0.2, 0) is 16.0 Å². The Morgan fingerprint density at radius 3 is 2.40 bits per heavy atom. The number of nitrogens with zero attached hydrogens (tertiary/aromatic N) is 5. The Morgan fingerprint density at radius 2 is 1.64 bits per heavy atom. The first-order valence-corrected chi connectivity index (χ1v) is 19.9. The summed E-state index contributed by atoms with van der Waals surface area (Å²) in [6, 6.07) is 15.0. The Hall–Kier alpha value is -6.45. The average Bonchev–Trinajstić information content (AvgIpc) is 3.72. The van der Waals surface area contributed by atoms with E-state index in [0.717, 1.165) is 38.6 Å². The summed E-state index contributed by atoms with van der Waals surface area (Å²) in [4.78, 5) is 79.2. The van der Waals surface area contributed by atoms with Crippen LogP contribution in [0.3, 0.4) is 0 Å². The number of benzene rings is 2. The highest BCUT2D eigenvalue weighted by Gasteiger charge is 2.33. The lowest BCUT2D eigenvalue weighted by molar-refractivity contribution is -0.137. The van der Waals surface area contributed by atoms with Crippen LogP contribution in [0.5, 0.6) is 0 Å². The lowest BCUT2D eigenvalue weighted by Gasteiger charge is -2.38. The number of nitrogens with one attached hydrogen (secondary N) is 5. The third-order valence-electron chi connectivity index (χ3n) is 11.3. The number of amides is 5. The van der Waals surface area contributed by atoms with Gasteiger partial charge in [-0.15, -0.1) is 0 Å². The Balaban J connectivity index is 1.06. The van der Waals surface area contributed by atoms with Gasteiger partial charge in [-0.1, -0.05) is 24.3 Å². The normalized spacial score (nSPS) is 15.9. The molecule has 2 aromatic carbocycles. The van der Waals surface area contributed by atoms with Crippen molar-refractivity contribution >= 4 is 51.4 Å². The zero-order chi connectivity index (χ0) is 40.6. The van der Waals surface area contributed by atoms with Gasteiger partial charge >= 0.3 is 12.1 Å². The molecular weight excluding hydrogens is 741 g/mol. The van der Waals surface area contributed by atoms with Crippen LogP contribution in [0.4, 0.5) is 15.3 Å². The number of aromatic nitrogens is 4. The number of urea groups is 1. The Labute approximate surface area is 335 Å². The van der Waals surface area contributed by atoms with Gasteiger partial charge in [0.15, 0.2) is 0 Å². The van der Waals surface area contributed by atoms with E-state index in [-0.39, 0.29) is 30.3 Å². The fourth-order valence-electron chi connectivity index (χ4n) is 8.14. The van der Waals surface area contributed by atoms with E-state index in [4.69, 9.17) is 5.11 Å². The highest BCUT2D eigenvalue weighted by molar-refractivity contribution is 5.92. The molecule has 58 heavy (non-hydrogen) atoms. The molecule has 0 spiro atoms. The summed E-state index contributed by atoms with van der Waals surface area (Å²) in [5, 5.41) is 26.4. The second-order valence-electron chi connectivity index (χ2n) is 15.2. The molecule has 0 saturated carbocycles. The van der Waals surface area contributed by atoms with E-state index in [1.54, 1.807) is 28.4 Å². The van der Waals surface area contributed by atoms with Crippen molar-refractivity contribution in [1.29, 1.82) is 0 Å². The standard InChI is InChI=1S/C42H50N10O6/c1-27-22-28(23-31-26-45-49-37(27)31)24-36(48-41(56)52-16-11-29(12-17-52)33-25-30-6-2-3-7-34(30)46-38(33)53)39(54)47-35(8-4-5-13-44-42(57)58)40(55)51-20-18-50(19-21-51)32-9-14-43-15-10-32/h2-3,6-7,9-10,14-15,22-23,25-26,29,35-36,44H,4-5,8,11-13,16-21,24H2,1H3,(H,45,49)(H,46,53)(H,47,54)(H,48,56)(H,57,58)/t35-,36+/m0/s1. The smallest absolute Gasteiger partial charge is 0.404 e. The summed E-state index contributed by atoms with van der Waals surface area (Å²) in [5.74, 6) is -0.737. The predicted octanol–water partition coefficient (Wildman–Crippen LogP) is 3.88. The molecule has 5 heterocycles. The number of rotatable bonds is 13. The van der Waals surface area contributed by atoms with Crippen molar-refractivity contribution in [2.45, 2.75) is 63.5 Å². The minimum atomic E-state index is -1.12. The average molecular weight is 791 g/mol.